The lowest BCUT2D eigenvalue weighted by Gasteiger charge is -2.25. The number of ether oxygens (including phenoxy) is 1. The van der Waals surface area contributed by atoms with Crippen LogP contribution in [0.25, 0.3) is 0 Å². The third-order valence-electron chi connectivity index (χ3n) is 5.75. The summed E-state index contributed by atoms with van der Waals surface area (Å²) in [6.07, 6.45) is 2.32. The van der Waals surface area contributed by atoms with Gasteiger partial charge in [0.05, 0.1) is 29.5 Å². The SMILES string of the molecule is CC(=O)CC[C@H]1CN(c2ccc(N3CCNN(C(=S)C4CC4)CC3)c(F)c2)C(=O)O1. The van der Waals surface area contributed by atoms with E-state index < -0.39 is 6.09 Å². The molecule has 30 heavy (non-hydrogen) atoms. The van der Waals surface area contributed by atoms with Crippen molar-refractivity contribution in [3.8, 4) is 0 Å². The fourth-order valence-electron chi connectivity index (χ4n) is 3.88. The lowest BCUT2D eigenvalue weighted by atomic mass is 10.1. The lowest BCUT2D eigenvalue weighted by Crippen LogP contribution is -2.43. The summed E-state index contributed by atoms with van der Waals surface area (Å²) in [5.74, 6) is 0.198. The number of Topliss-reactive ketones (excluding diaryl/α,β-unsaturated/α-hetero) is 1. The molecule has 0 radical (unpaired) electrons. The van der Waals surface area contributed by atoms with Crippen LogP contribution in [-0.4, -0.2) is 60.7 Å². The Kier molecular flexibility index (Phi) is 6.19. The van der Waals surface area contributed by atoms with Crippen molar-refractivity contribution >= 4 is 40.5 Å². The minimum Gasteiger partial charge on any atom is -0.444 e. The highest BCUT2D eigenvalue weighted by atomic mass is 32.1. The second kappa shape index (κ2) is 8.85. The molecule has 1 aromatic carbocycles. The fraction of sp³-hybridized carbons (Fsp3) is 0.571. The number of nitrogens with one attached hydrogen (secondary N) is 1. The minimum absolute atomic E-state index is 0.0586. The largest absolute Gasteiger partial charge is 0.444 e. The summed E-state index contributed by atoms with van der Waals surface area (Å²) in [7, 11) is 0. The van der Waals surface area contributed by atoms with E-state index in [0.717, 1.165) is 17.8 Å². The van der Waals surface area contributed by atoms with Crippen LogP contribution in [0.3, 0.4) is 0 Å². The molecule has 2 saturated heterocycles. The topological polar surface area (TPSA) is 65.1 Å². The van der Waals surface area contributed by atoms with Crippen LogP contribution in [0.15, 0.2) is 18.2 Å². The monoisotopic (exact) mass is 434 g/mol. The Morgan fingerprint density at radius 3 is 2.80 bits per heavy atom. The van der Waals surface area contributed by atoms with Gasteiger partial charge in [0.25, 0.3) is 0 Å². The van der Waals surface area contributed by atoms with Gasteiger partial charge in [-0.05, 0) is 44.4 Å². The summed E-state index contributed by atoms with van der Waals surface area (Å²) < 4.78 is 20.3. The summed E-state index contributed by atoms with van der Waals surface area (Å²) in [6, 6.07) is 4.85. The zero-order chi connectivity index (χ0) is 21.3. The highest BCUT2D eigenvalue weighted by Crippen LogP contribution is 2.32. The predicted octanol–water partition coefficient (Wildman–Crippen LogP) is 2.88. The van der Waals surface area contributed by atoms with Crippen molar-refractivity contribution in [3.05, 3.63) is 24.0 Å². The first-order chi connectivity index (χ1) is 14.4. The van der Waals surface area contributed by atoms with E-state index in [9.17, 15) is 14.0 Å². The molecule has 3 fully saturated rings. The first-order valence-electron chi connectivity index (χ1n) is 10.5. The van der Waals surface area contributed by atoms with Gasteiger partial charge >= 0.3 is 6.09 Å². The van der Waals surface area contributed by atoms with E-state index in [4.69, 9.17) is 17.0 Å². The van der Waals surface area contributed by atoms with Crippen LogP contribution in [0.5, 0.6) is 0 Å². The predicted molar refractivity (Wildman–Crippen MR) is 116 cm³/mol. The number of thiocarbonyl (C=S) groups is 1. The Bertz CT molecular complexity index is 848. The molecule has 3 aliphatic rings. The molecule has 1 aliphatic carbocycles. The molecule has 7 nitrogen and oxygen atoms in total. The molecular formula is C21H27FN4O3S. The van der Waals surface area contributed by atoms with Crippen molar-refractivity contribution in [2.45, 2.75) is 38.7 Å². The summed E-state index contributed by atoms with van der Waals surface area (Å²) in [5, 5.41) is 2.03. The number of ketones is 1. The van der Waals surface area contributed by atoms with Crippen LogP contribution in [0, 0.1) is 11.7 Å². The Balaban J connectivity index is 1.40. The van der Waals surface area contributed by atoms with Crippen LogP contribution < -0.4 is 15.2 Å². The molecule has 0 bridgehead atoms. The first-order valence-corrected chi connectivity index (χ1v) is 10.9. The van der Waals surface area contributed by atoms with Gasteiger partial charge in [-0.3, -0.25) is 9.91 Å². The first kappa shape index (κ1) is 21.0. The average Bonchev–Trinajstić information content (AvgIpc) is 3.52. The molecule has 9 heteroatoms. The maximum Gasteiger partial charge on any atom is 0.414 e. The summed E-state index contributed by atoms with van der Waals surface area (Å²) in [5.41, 5.74) is 4.33. The number of amides is 1. The van der Waals surface area contributed by atoms with Gasteiger partial charge in [-0.1, -0.05) is 12.2 Å². The third-order valence-corrected chi connectivity index (χ3v) is 6.30. The molecule has 162 valence electrons. The molecular weight excluding hydrogens is 407 g/mol. The van der Waals surface area contributed by atoms with E-state index in [1.54, 1.807) is 12.1 Å². The number of benzene rings is 1. The number of hydrogen-bond acceptors (Lipinski definition) is 6. The van der Waals surface area contributed by atoms with E-state index in [1.807, 2.05) is 9.91 Å². The fourth-order valence-corrected chi connectivity index (χ4v) is 4.27. The number of hydrogen-bond donors (Lipinski definition) is 1. The Morgan fingerprint density at radius 1 is 1.30 bits per heavy atom. The zero-order valence-corrected chi connectivity index (χ0v) is 17.9. The molecule has 1 amide bonds. The minimum atomic E-state index is -0.501. The maximum atomic E-state index is 15.0. The Labute approximate surface area is 181 Å². The maximum absolute atomic E-state index is 15.0. The molecule has 1 saturated carbocycles. The summed E-state index contributed by atoms with van der Waals surface area (Å²) in [6.45, 7) is 4.55. The third kappa shape index (κ3) is 4.73. The zero-order valence-electron chi connectivity index (χ0n) is 17.1. The molecule has 0 unspecified atom stereocenters. The second-order valence-electron chi connectivity index (χ2n) is 8.15. The number of nitrogens with zero attached hydrogens (tertiary/aromatic N) is 3. The average molecular weight is 435 g/mol. The van der Waals surface area contributed by atoms with Crippen LogP contribution in [-0.2, 0) is 9.53 Å². The number of carbonyl (C=O) groups is 2. The van der Waals surface area contributed by atoms with Crippen LogP contribution in [0.1, 0.15) is 32.6 Å². The molecule has 4 rings (SSSR count). The van der Waals surface area contributed by atoms with E-state index in [1.165, 1.54) is 17.9 Å². The van der Waals surface area contributed by atoms with Gasteiger partial charge in [0.2, 0.25) is 0 Å². The number of hydrazine groups is 1. The quantitative estimate of drug-likeness (QED) is 0.691. The molecule has 2 aliphatic heterocycles. The van der Waals surface area contributed by atoms with Crippen molar-refractivity contribution in [2.24, 2.45) is 5.92 Å². The van der Waals surface area contributed by atoms with E-state index in [-0.39, 0.29) is 17.7 Å². The number of anilines is 2. The standard InChI is InChI=1S/C21H27FN4O3S/c1-14(27)2-6-17-13-25(21(28)29-17)16-5-7-19(18(22)12-16)24-9-8-23-26(11-10-24)20(30)15-3-4-15/h5,7,12,15,17,23H,2-4,6,8-11,13H2,1H3/t17-/m0/s1. The highest BCUT2D eigenvalue weighted by Gasteiger charge is 2.33. The highest BCUT2D eigenvalue weighted by molar-refractivity contribution is 7.80. The van der Waals surface area contributed by atoms with Crippen molar-refractivity contribution in [1.82, 2.24) is 10.4 Å². The number of carbonyl (C=O) groups excluding carboxylic acids is 2. The van der Waals surface area contributed by atoms with Crippen LogP contribution >= 0.6 is 12.2 Å². The molecule has 0 aromatic heterocycles. The second-order valence-corrected chi connectivity index (χ2v) is 8.57. The van der Waals surface area contributed by atoms with Gasteiger partial charge in [-0.25, -0.2) is 14.6 Å². The number of cyclic esters (lactones) is 1. The molecule has 2 heterocycles. The molecule has 1 N–H and O–H groups in total. The van der Waals surface area contributed by atoms with Crippen LogP contribution in [0.4, 0.5) is 20.6 Å². The van der Waals surface area contributed by atoms with Gasteiger partial charge in [0.1, 0.15) is 17.7 Å². The van der Waals surface area contributed by atoms with Crippen molar-refractivity contribution in [1.29, 1.82) is 0 Å². The summed E-state index contributed by atoms with van der Waals surface area (Å²) >= 11 is 5.54. The number of halogens is 1. The van der Waals surface area contributed by atoms with Crippen LogP contribution in [0.2, 0.25) is 0 Å². The molecule has 1 atom stereocenters. The van der Waals surface area contributed by atoms with E-state index >= 15 is 0 Å². The molecule has 1 aromatic rings. The summed E-state index contributed by atoms with van der Waals surface area (Å²) in [4.78, 5) is 27.7. The van der Waals surface area contributed by atoms with Gasteiger partial charge < -0.3 is 14.4 Å². The van der Waals surface area contributed by atoms with Crippen molar-refractivity contribution in [2.75, 3.05) is 42.5 Å². The smallest absolute Gasteiger partial charge is 0.414 e. The molecule has 0 spiro atoms. The van der Waals surface area contributed by atoms with Gasteiger partial charge in [0.15, 0.2) is 0 Å². The number of rotatable bonds is 6. The van der Waals surface area contributed by atoms with Gasteiger partial charge in [-0.15, -0.1) is 0 Å². The van der Waals surface area contributed by atoms with E-state index in [2.05, 4.69) is 5.43 Å². The normalized spacial score (nSPS) is 22.1. The van der Waals surface area contributed by atoms with Gasteiger partial charge in [0, 0.05) is 32.0 Å². The van der Waals surface area contributed by atoms with Crippen molar-refractivity contribution in [3.63, 3.8) is 0 Å². The van der Waals surface area contributed by atoms with Crippen molar-refractivity contribution < 1.29 is 18.7 Å². The lowest BCUT2D eigenvalue weighted by molar-refractivity contribution is -0.117. The van der Waals surface area contributed by atoms with E-state index in [0.29, 0.717) is 62.9 Å². The van der Waals surface area contributed by atoms with Gasteiger partial charge in [-0.2, -0.15) is 0 Å². The Morgan fingerprint density at radius 2 is 2.10 bits per heavy atom. The Hall–Kier alpha value is -2.26.